The Morgan fingerprint density at radius 3 is 2.95 bits per heavy atom. The van der Waals surface area contributed by atoms with E-state index in [1.165, 1.54) is 12.2 Å². The van der Waals surface area contributed by atoms with Crippen molar-refractivity contribution in [1.82, 2.24) is 10.3 Å². The van der Waals surface area contributed by atoms with Crippen LogP contribution in [0.15, 0.2) is 29.2 Å². The number of hydrogen-bond donors (Lipinski definition) is 2. The quantitative estimate of drug-likeness (QED) is 0.171. The summed E-state index contributed by atoms with van der Waals surface area (Å²) in [7, 11) is 5.47. The van der Waals surface area contributed by atoms with Gasteiger partial charge in [-0.05, 0) is 30.4 Å². The number of rotatable bonds is 6. The van der Waals surface area contributed by atoms with Crippen LogP contribution in [0.4, 0.5) is 0 Å². The number of nitrogens with zero attached hydrogens (tertiary/aromatic N) is 2. The van der Waals surface area contributed by atoms with E-state index in [9.17, 15) is 9.59 Å². The highest BCUT2D eigenvalue weighted by atomic mass is 16.2. The number of carbonyl (C=O) groups is 2. The van der Waals surface area contributed by atoms with Crippen LogP contribution in [0, 0.1) is 5.92 Å². The van der Waals surface area contributed by atoms with Crippen molar-refractivity contribution in [2.45, 2.75) is 12.8 Å². The number of hydrogen-bond acceptors (Lipinski definition) is 4. The number of nitrogens with two attached hydrogens (primary N) is 1. The number of allylic oxidation sites excluding steroid dienone is 2. The van der Waals surface area contributed by atoms with Crippen molar-refractivity contribution in [3.63, 3.8) is 0 Å². The second-order valence-electron chi connectivity index (χ2n) is 4.57. The maximum Gasteiger partial charge on any atom is 0.253 e. The van der Waals surface area contributed by atoms with E-state index >= 15 is 0 Å². The van der Waals surface area contributed by atoms with Crippen molar-refractivity contribution >= 4 is 25.9 Å². The van der Waals surface area contributed by atoms with Crippen LogP contribution in [-0.4, -0.2) is 50.5 Å². The molecule has 2 amide bonds. The first-order valence-corrected chi connectivity index (χ1v) is 6.44. The molecule has 1 heterocycles. The summed E-state index contributed by atoms with van der Waals surface area (Å²) in [6.07, 6.45) is 6.41. The molecule has 0 spiro atoms. The van der Waals surface area contributed by atoms with Gasteiger partial charge in [0.05, 0.1) is 0 Å². The highest BCUT2D eigenvalue weighted by molar-refractivity contribution is 6.36. The topological polar surface area (TPSA) is 87.8 Å². The van der Waals surface area contributed by atoms with Crippen LogP contribution in [0.1, 0.15) is 12.8 Å². The molecule has 1 aliphatic rings. The minimum atomic E-state index is -0.607. The summed E-state index contributed by atoms with van der Waals surface area (Å²) in [5, 5.41) is 3.54. The average Bonchev–Trinajstić information content (AvgIpc) is 2.45. The van der Waals surface area contributed by atoms with Crippen molar-refractivity contribution in [2.75, 3.05) is 19.6 Å². The number of aliphatic imine (C=N–C) groups is 1. The standard InChI is InChI=1S/C13H19BN4O2/c1-2-3-11(14)13(20)18(15)9-12(19)17-8-10-4-6-16-7-5-10/h2-3,6,10H,1,4-5,7-9,15H2,(H,17,19)/b11-3+. The minimum Gasteiger partial charge on any atom is -0.354 e. The highest BCUT2D eigenvalue weighted by Crippen LogP contribution is 2.09. The second-order valence-corrected chi connectivity index (χ2v) is 4.57. The van der Waals surface area contributed by atoms with Gasteiger partial charge in [-0.3, -0.25) is 19.6 Å². The SMILES string of the molecule is [B]/C(=C/C=C)C(=O)N(N)CC(=O)NCC1CC=NCC1. The van der Waals surface area contributed by atoms with E-state index in [0.717, 1.165) is 24.4 Å². The zero-order valence-electron chi connectivity index (χ0n) is 11.4. The number of carbonyl (C=O) groups excluding carboxylic acids is 2. The van der Waals surface area contributed by atoms with Gasteiger partial charge in [0.2, 0.25) is 5.91 Å². The van der Waals surface area contributed by atoms with E-state index in [-0.39, 0.29) is 17.9 Å². The Balaban J connectivity index is 2.34. The van der Waals surface area contributed by atoms with E-state index in [0.29, 0.717) is 12.5 Å². The van der Waals surface area contributed by atoms with Gasteiger partial charge in [0.1, 0.15) is 14.4 Å². The first-order valence-electron chi connectivity index (χ1n) is 6.44. The Bertz CT molecular complexity index is 434. The molecule has 0 aromatic carbocycles. The fourth-order valence-electron chi connectivity index (χ4n) is 1.78. The molecule has 1 aliphatic heterocycles. The molecule has 7 heteroatoms. The Kier molecular flexibility index (Phi) is 6.73. The predicted octanol–water partition coefficient (Wildman–Crippen LogP) is -0.476. The molecule has 0 aromatic rings. The van der Waals surface area contributed by atoms with Crippen LogP contribution in [0.25, 0.3) is 0 Å². The van der Waals surface area contributed by atoms with Gasteiger partial charge in [-0.1, -0.05) is 18.7 Å². The van der Waals surface area contributed by atoms with Crippen molar-refractivity contribution < 1.29 is 9.59 Å². The summed E-state index contributed by atoms with van der Waals surface area (Å²) < 4.78 is 0. The van der Waals surface area contributed by atoms with Gasteiger partial charge in [0, 0.05) is 13.1 Å². The smallest absolute Gasteiger partial charge is 0.253 e. The maximum atomic E-state index is 11.7. The van der Waals surface area contributed by atoms with Gasteiger partial charge >= 0.3 is 0 Å². The number of hydrazine groups is 1. The van der Waals surface area contributed by atoms with Crippen LogP contribution >= 0.6 is 0 Å². The van der Waals surface area contributed by atoms with E-state index in [2.05, 4.69) is 16.9 Å². The van der Waals surface area contributed by atoms with Crippen LogP contribution < -0.4 is 11.2 Å². The predicted molar refractivity (Wildman–Crippen MR) is 79.0 cm³/mol. The van der Waals surface area contributed by atoms with Crippen LogP contribution in [-0.2, 0) is 9.59 Å². The molecule has 1 atom stereocenters. The van der Waals surface area contributed by atoms with Crippen LogP contribution in [0.5, 0.6) is 0 Å². The molecule has 6 nitrogen and oxygen atoms in total. The summed E-state index contributed by atoms with van der Waals surface area (Å²) in [5.74, 6) is 4.98. The summed E-state index contributed by atoms with van der Waals surface area (Å²) in [5.41, 5.74) is -0.0567. The lowest BCUT2D eigenvalue weighted by molar-refractivity contribution is -0.133. The van der Waals surface area contributed by atoms with Crippen LogP contribution in [0.2, 0.25) is 0 Å². The fourth-order valence-corrected chi connectivity index (χ4v) is 1.78. The number of nitrogens with one attached hydrogen (secondary N) is 1. The Morgan fingerprint density at radius 2 is 2.35 bits per heavy atom. The first kappa shape index (κ1) is 16.2. The second kappa shape index (κ2) is 8.32. The molecule has 0 bridgehead atoms. The van der Waals surface area contributed by atoms with Crippen molar-refractivity contribution in [3.05, 3.63) is 24.2 Å². The molecule has 0 fully saturated rings. The molecular formula is C13H19BN4O2. The van der Waals surface area contributed by atoms with E-state index < -0.39 is 5.91 Å². The third-order valence-corrected chi connectivity index (χ3v) is 2.94. The van der Waals surface area contributed by atoms with Gasteiger partial charge in [0.15, 0.2) is 0 Å². The molecule has 1 unspecified atom stereocenters. The molecule has 2 radical (unpaired) electrons. The lowest BCUT2D eigenvalue weighted by Gasteiger charge is -2.20. The molecule has 106 valence electrons. The van der Waals surface area contributed by atoms with Gasteiger partial charge in [-0.25, -0.2) is 5.84 Å². The number of amides is 2. The largest absolute Gasteiger partial charge is 0.354 e. The van der Waals surface area contributed by atoms with Gasteiger partial charge in [0.25, 0.3) is 5.91 Å². The Morgan fingerprint density at radius 1 is 1.60 bits per heavy atom. The molecule has 3 N–H and O–H groups in total. The Labute approximate surface area is 120 Å². The summed E-state index contributed by atoms with van der Waals surface area (Å²) >= 11 is 0. The molecule has 0 saturated heterocycles. The maximum absolute atomic E-state index is 11.7. The van der Waals surface area contributed by atoms with Crippen molar-refractivity contribution in [2.24, 2.45) is 16.8 Å². The van der Waals surface area contributed by atoms with Gasteiger partial charge in [-0.2, -0.15) is 0 Å². The average molecular weight is 274 g/mol. The summed E-state index contributed by atoms with van der Waals surface area (Å²) in [6, 6.07) is 0. The van der Waals surface area contributed by atoms with E-state index in [1.807, 2.05) is 6.21 Å². The fraction of sp³-hybridized carbons (Fsp3) is 0.462. The summed E-state index contributed by atoms with van der Waals surface area (Å²) in [4.78, 5) is 27.4. The van der Waals surface area contributed by atoms with Crippen molar-refractivity contribution in [1.29, 1.82) is 0 Å². The molecule has 0 saturated carbocycles. The van der Waals surface area contributed by atoms with E-state index in [1.54, 1.807) is 0 Å². The zero-order chi connectivity index (χ0) is 15.0. The third kappa shape index (κ3) is 5.40. The Hall–Kier alpha value is -1.89. The zero-order valence-corrected chi connectivity index (χ0v) is 11.4. The lowest BCUT2D eigenvalue weighted by Crippen LogP contribution is -2.46. The molecule has 1 rings (SSSR count). The van der Waals surface area contributed by atoms with E-state index in [4.69, 9.17) is 13.7 Å². The minimum absolute atomic E-state index is 0.0567. The molecule has 20 heavy (non-hydrogen) atoms. The first-order chi connectivity index (χ1) is 9.54. The molecule has 0 aromatic heterocycles. The van der Waals surface area contributed by atoms with Gasteiger partial charge < -0.3 is 5.32 Å². The summed E-state index contributed by atoms with van der Waals surface area (Å²) in [6.45, 7) is 4.55. The molecular weight excluding hydrogens is 255 g/mol. The van der Waals surface area contributed by atoms with Crippen molar-refractivity contribution in [3.8, 4) is 0 Å². The third-order valence-electron chi connectivity index (χ3n) is 2.94. The normalized spacial score (nSPS) is 18.4. The molecule has 0 aliphatic carbocycles. The van der Waals surface area contributed by atoms with Crippen LogP contribution in [0.3, 0.4) is 0 Å². The van der Waals surface area contributed by atoms with Gasteiger partial charge in [-0.15, -0.1) is 0 Å². The highest BCUT2D eigenvalue weighted by Gasteiger charge is 2.16. The monoisotopic (exact) mass is 274 g/mol. The lowest BCUT2D eigenvalue weighted by atomic mass is 9.94.